The molecule has 0 aromatic heterocycles. The Bertz CT molecular complexity index is 164. The van der Waals surface area contributed by atoms with Crippen LogP contribution >= 0.6 is 0 Å². The van der Waals surface area contributed by atoms with E-state index in [4.69, 9.17) is 5.73 Å². The molecule has 1 saturated heterocycles. The number of hydrogen-bond acceptors (Lipinski definition) is 2. The molecule has 0 amide bonds. The maximum absolute atomic E-state index is 5.92. The Morgan fingerprint density at radius 3 is 2.57 bits per heavy atom. The lowest BCUT2D eigenvalue weighted by Crippen LogP contribution is -2.57. The van der Waals surface area contributed by atoms with E-state index >= 15 is 0 Å². The highest BCUT2D eigenvalue weighted by Gasteiger charge is 2.34. The Morgan fingerprint density at radius 2 is 2.07 bits per heavy atom. The average Bonchev–Trinajstić information content (AvgIpc) is 2.28. The fourth-order valence-electron chi connectivity index (χ4n) is 2.60. The number of nitrogens with two attached hydrogens (primary N) is 1. The summed E-state index contributed by atoms with van der Waals surface area (Å²) in [6, 6.07) is 0.775. The first-order valence-electron chi connectivity index (χ1n) is 6.14. The molecule has 2 unspecified atom stereocenters. The van der Waals surface area contributed by atoms with Crippen molar-refractivity contribution in [3.8, 4) is 0 Å². The van der Waals surface area contributed by atoms with Gasteiger partial charge in [0, 0.05) is 18.1 Å². The molecule has 0 aliphatic carbocycles. The summed E-state index contributed by atoms with van der Waals surface area (Å²) in [6.07, 6.45) is 6.56. The van der Waals surface area contributed by atoms with Crippen molar-refractivity contribution in [3.63, 3.8) is 0 Å². The molecule has 0 aromatic carbocycles. The molecular weight excluding hydrogens is 172 g/mol. The van der Waals surface area contributed by atoms with Gasteiger partial charge >= 0.3 is 0 Å². The molecule has 0 saturated carbocycles. The zero-order chi connectivity index (χ0) is 10.6. The third-order valence-electron chi connectivity index (χ3n) is 3.99. The van der Waals surface area contributed by atoms with Crippen LogP contribution in [-0.4, -0.2) is 29.6 Å². The summed E-state index contributed by atoms with van der Waals surface area (Å²) < 4.78 is 0. The number of likely N-dealkylation sites (tertiary alicyclic amines) is 1. The molecule has 0 aromatic rings. The molecule has 1 aliphatic rings. The van der Waals surface area contributed by atoms with Gasteiger partial charge in [-0.1, -0.05) is 20.3 Å². The SMILES string of the molecule is CCC1CCCCN1C(C)(CC)CN. The maximum atomic E-state index is 5.92. The van der Waals surface area contributed by atoms with Crippen LogP contribution in [-0.2, 0) is 0 Å². The fraction of sp³-hybridized carbons (Fsp3) is 1.00. The van der Waals surface area contributed by atoms with E-state index in [0.29, 0.717) is 0 Å². The Balaban J connectivity index is 2.70. The minimum absolute atomic E-state index is 0.237. The molecule has 2 nitrogen and oxygen atoms in total. The van der Waals surface area contributed by atoms with Crippen LogP contribution in [0.4, 0.5) is 0 Å². The summed E-state index contributed by atoms with van der Waals surface area (Å²) in [5.74, 6) is 0. The predicted molar refractivity (Wildman–Crippen MR) is 62.4 cm³/mol. The second-order valence-electron chi connectivity index (χ2n) is 4.81. The van der Waals surface area contributed by atoms with Crippen LogP contribution in [0.2, 0.25) is 0 Å². The number of hydrogen-bond donors (Lipinski definition) is 1. The molecule has 2 heteroatoms. The van der Waals surface area contributed by atoms with Crippen LogP contribution in [0.1, 0.15) is 52.9 Å². The van der Waals surface area contributed by atoms with Crippen molar-refractivity contribution in [2.45, 2.75) is 64.5 Å². The molecule has 1 rings (SSSR count). The lowest BCUT2D eigenvalue weighted by molar-refractivity contribution is 0.0290. The summed E-state index contributed by atoms with van der Waals surface area (Å²) in [6.45, 7) is 8.92. The molecule has 2 N–H and O–H groups in total. The Labute approximate surface area is 88.8 Å². The molecule has 14 heavy (non-hydrogen) atoms. The normalized spacial score (nSPS) is 28.7. The lowest BCUT2D eigenvalue weighted by atomic mass is 9.89. The summed E-state index contributed by atoms with van der Waals surface area (Å²) in [5.41, 5.74) is 6.16. The second-order valence-corrected chi connectivity index (χ2v) is 4.81. The standard InChI is InChI=1S/C12H26N2/c1-4-11-8-6-7-9-14(11)12(3,5-2)10-13/h11H,4-10,13H2,1-3H3. The zero-order valence-electron chi connectivity index (χ0n) is 10.1. The topological polar surface area (TPSA) is 29.3 Å². The third-order valence-corrected chi connectivity index (χ3v) is 3.99. The van der Waals surface area contributed by atoms with Gasteiger partial charge in [0.2, 0.25) is 0 Å². The highest BCUT2D eigenvalue weighted by atomic mass is 15.2. The van der Waals surface area contributed by atoms with Crippen LogP contribution in [0.5, 0.6) is 0 Å². The van der Waals surface area contributed by atoms with E-state index in [1.54, 1.807) is 0 Å². The molecule has 1 heterocycles. The van der Waals surface area contributed by atoms with Crippen molar-refractivity contribution >= 4 is 0 Å². The van der Waals surface area contributed by atoms with E-state index in [-0.39, 0.29) is 5.54 Å². The van der Waals surface area contributed by atoms with Crippen LogP contribution in [0.25, 0.3) is 0 Å². The number of rotatable bonds is 4. The monoisotopic (exact) mass is 198 g/mol. The largest absolute Gasteiger partial charge is 0.329 e. The van der Waals surface area contributed by atoms with E-state index in [1.165, 1.54) is 38.6 Å². The molecule has 1 fully saturated rings. The minimum Gasteiger partial charge on any atom is -0.329 e. The van der Waals surface area contributed by atoms with Crippen LogP contribution in [0, 0.1) is 0 Å². The van der Waals surface area contributed by atoms with Gasteiger partial charge in [-0.15, -0.1) is 0 Å². The van der Waals surface area contributed by atoms with Gasteiger partial charge in [0.15, 0.2) is 0 Å². The van der Waals surface area contributed by atoms with Gasteiger partial charge < -0.3 is 5.73 Å². The Kier molecular flexibility index (Phi) is 4.39. The quantitative estimate of drug-likeness (QED) is 0.751. The molecule has 0 radical (unpaired) electrons. The van der Waals surface area contributed by atoms with E-state index in [2.05, 4.69) is 25.7 Å². The van der Waals surface area contributed by atoms with Gasteiger partial charge in [-0.05, 0) is 39.2 Å². The van der Waals surface area contributed by atoms with Crippen molar-refractivity contribution in [1.29, 1.82) is 0 Å². The smallest absolute Gasteiger partial charge is 0.0303 e. The summed E-state index contributed by atoms with van der Waals surface area (Å²) in [4.78, 5) is 2.66. The van der Waals surface area contributed by atoms with Crippen molar-refractivity contribution in [2.75, 3.05) is 13.1 Å². The van der Waals surface area contributed by atoms with Gasteiger partial charge in [-0.3, -0.25) is 4.90 Å². The van der Waals surface area contributed by atoms with E-state index < -0.39 is 0 Å². The predicted octanol–water partition coefficient (Wildman–Crippen LogP) is 2.38. The van der Waals surface area contributed by atoms with E-state index in [9.17, 15) is 0 Å². The lowest BCUT2D eigenvalue weighted by Gasteiger charge is -2.47. The van der Waals surface area contributed by atoms with Crippen molar-refractivity contribution in [2.24, 2.45) is 5.73 Å². The van der Waals surface area contributed by atoms with E-state index in [1.807, 2.05) is 0 Å². The third kappa shape index (κ3) is 2.29. The highest BCUT2D eigenvalue weighted by Crippen LogP contribution is 2.29. The minimum atomic E-state index is 0.237. The Morgan fingerprint density at radius 1 is 1.36 bits per heavy atom. The molecule has 84 valence electrons. The molecule has 2 atom stereocenters. The van der Waals surface area contributed by atoms with E-state index in [0.717, 1.165) is 12.6 Å². The second kappa shape index (κ2) is 5.13. The first-order valence-corrected chi connectivity index (χ1v) is 6.14. The van der Waals surface area contributed by atoms with Gasteiger partial charge in [0.25, 0.3) is 0 Å². The first kappa shape index (κ1) is 12.0. The first-order chi connectivity index (χ1) is 6.68. The van der Waals surface area contributed by atoms with Gasteiger partial charge in [0.1, 0.15) is 0 Å². The zero-order valence-corrected chi connectivity index (χ0v) is 10.1. The molecule has 1 aliphatic heterocycles. The number of nitrogens with zero attached hydrogens (tertiary/aromatic N) is 1. The molecule has 0 bridgehead atoms. The summed E-state index contributed by atoms with van der Waals surface area (Å²) in [5, 5.41) is 0. The molecular formula is C12H26N2. The van der Waals surface area contributed by atoms with Crippen molar-refractivity contribution in [3.05, 3.63) is 0 Å². The fourth-order valence-corrected chi connectivity index (χ4v) is 2.60. The van der Waals surface area contributed by atoms with Crippen molar-refractivity contribution < 1.29 is 0 Å². The van der Waals surface area contributed by atoms with Crippen LogP contribution < -0.4 is 5.73 Å². The van der Waals surface area contributed by atoms with Gasteiger partial charge in [-0.25, -0.2) is 0 Å². The summed E-state index contributed by atoms with van der Waals surface area (Å²) in [7, 11) is 0. The van der Waals surface area contributed by atoms with Crippen LogP contribution in [0.3, 0.4) is 0 Å². The average molecular weight is 198 g/mol. The highest BCUT2D eigenvalue weighted by molar-refractivity contribution is 4.91. The summed E-state index contributed by atoms with van der Waals surface area (Å²) >= 11 is 0. The number of piperidine rings is 1. The van der Waals surface area contributed by atoms with Gasteiger partial charge in [-0.2, -0.15) is 0 Å². The maximum Gasteiger partial charge on any atom is 0.0303 e. The van der Waals surface area contributed by atoms with Gasteiger partial charge in [0.05, 0.1) is 0 Å². The molecule has 0 spiro atoms. The van der Waals surface area contributed by atoms with Crippen LogP contribution in [0.15, 0.2) is 0 Å². The Hall–Kier alpha value is -0.0800. The van der Waals surface area contributed by atoms with Crippen molar-refractivity contribution in [1.82, 2.24) is 4.90 Å².